The van der Waals surface area contributed by atoms with E-state index in [-0.39, 0.29) is 16.3 Å². The van der Waals surface area contributed by atoms with Crippen LogP contribution in [0.5, 0.6) is 0 Å². The van der Waals surface area contributed by atoms with Crippen molar-refractivity contribution in [2.75, 3.05) is 11.6 Å². The van der Waals surface area contributed by atoms with E-state index in [1.54, 1.807) is 18.2 Å². The molecule has 1 aromatic carbocycles. The van der Waals surface area contributed by atoms with Gasteiger partial charge in [0.15, 0.2) is 9.84 Å². The first-order valence-electron chi connectivity index (χ1n) is 16.7. The molecule has 260 valence electrons. The highest BCUT2D eigenvalue weighted by Crippen LogP contribution is 2.63. The van der Waals surface area contributed by atoms with Crippen molar-refractivity contribution >= 4 is 21.7 Å². The number of anilines is 1. The summed E-state index contributed by atoms with van der Waals surface area (Å²) in [4.78, 5) is 33.6. The normalized spacial score (nSPS) is 32.1. The Kier molecular flexibility index (Phi) is 7.82. The molecule has 3 heterocycles. The van der Waals surface area contributed by atoms with Gasteiger partial charge in [0.1, 0.15) is 17.6 Å². The SMILES string of the molecule is CS(=O)(=O)c1ccc(-c2cnc(NC(=O)OC3CCC[C@]4(C3)OOC3(O4)C4CC5CC(C4)CC3C5)c(-c3ccc(C(F)(F)F)nc3)c2)cc1. The van der Waals surface area contributed by atoms with E-state index in [9.17, 15) is 26.4 Å². The predicted molar refractivity (Wildman–Crippen MR) is 169 cm³/mol. The number of ether oxygens (including phenoxy) is 2. The van der Waals surface area contributed by atoms with E-state index < -0.39 is 45.5 Å². The van der Waals surface area contributed by atoms with Crippen LogP contribution in [0.25, 0.3) is 22.3 Å². The van der Waals surface area contributed by atoms with E-state index in [1.165, 1.54) is 30.8 Å². The van der Waals surface area contributed by atoms with Gasteiger partial charge in [-0.05, 0) is 86.6 Å². The number of pyridine rings is 2. The number of nitrogens with one attached hydrogen (secondary N) is 1. The number of nitrogens with zero attached hydrogens (tertiary/aromatic N) is 2. The Morgan fingerprint density at radius 2 is 1.59 bits per heavy atom. The molecule has 49 heavy (non-hydrogen) atoms. The molecule has 2 aromatic heterocycles. The largest absolute Gasteiger partial charge is 0.446 e. The van der Waals surface area contributed by atoms with Crippen molar-refractivity contribution in [2.24, 2.45) is 23.7 Å². The topological polar surface area (TPSA) is 126 Å². The average Bonchev–Trinajstić information content (AvgIpc) is 3.41. The molecule has 2 spiro atoms. The fourth-order valence-electron chi connectivity index (χ4n) is 8.86. The van der Waals surface area contributed by atoms with Crippen molar-refractivity contribution in [3.8, 4) is 22.3 Å². The van der Waals surface area contributed by atoms with Gasteiger partial charge < -0.3 is 9.47 Å². The number of carbonyl (C=O) groups excluding carboxylic acids is 1. The maximum atomic E-state index is 13.3. The molecule has 6 fully saturated rings. The molecule has 6 aliphatic rings. The maximum absolute atomic E-state index is 13.3. The van der Waals surface area contributed by atoms with E-state index in [4.69, 9.17) is 19.2 Å². The number of alkyl halides is 3. The molecule has 4 bridgehead atoms. The monoisotopic (exact) mass is 699 g/mol. The summed E-state index contributed by atoms with van der Waals surface area (Å²) in [5.74, 6) is 0.387. The highest BCUT2D eigenvalue weighted by atomic mass is 32.2. The molecule has 10 nitrogen and oxygen atoms in total. The third-order valence-electron chi connectivity index (χ3n) is 10.9. The summed E-state index contributed by atoms with van der Waals surface area (Å²) in [6.45, 7) is 0. The molecule has 1 unspecified atom stereocenters. The highest BCUT2D eigenvalue weighted by molar-refractivity contribution is 7.90. The van der Waals surface area contributed by atoms with Gasteiger partial charge in [0, 0.05) is 60.0 Å². The Morgan fingerprint density at radius 3 is 2.22 bits per heavy atom. The fraction of sp³-hybridized carbons (Fsp3) is 0.514. The molecule has 2 atom stereocenters. The number of sulfone groups is 1. The van der Waals surface area contributed by atoms with Gasteiger partial charge in [0.2, 0.25) is 11.6 Å². The minimum Gasteiger partial charge on any atom is -0.446 e. The van der Waals surface area contributed by atoms with E-state index in [1.807, 2.05) is 0 Å². The van der Waals surface area contributed by atoms with Crippen LogP contribution >= 0.6 is 0 Å². The second-order valence-corrected chi connectivity index (χ2v) is 16.3. The maximum Gasteiger partial charge on any atom is 0.433 e. The number of carbonyl (C=O) groups is 1. The van der Waals surface area contributed by atoms with Crippen LogP contribution in [0.2, 0.25) is 0 Å². The number of rotatable bonds is 5. The van der Waals surface area contributed by atoms with Crippen LogP contribution in [0.15, 0.2) is 59.8 Å². The number of halogens is 3. The standard InChI is InChI=1S/C35H36F3N3O7S/c1-49(43,44)28-7-4-22(5-8-28)24-16-29(23-6-9-30(39-18-23)35(36,37)38)31(40-19-24)41-32(42)45-27-3-2-10-33(17-27)46-34(48-47-33)25-12-20-11-21(14-25)15-26(34)13-20/h4-9,16,18-21,25-27H,2-3,10-15,17H2,1H3,(H,40,41,42)/t20?,21?,25?,26?,27?,33-,34?/m1/s1. The van der Waals surface area contributed by atoms with Gasteiger partial charge in [-0.2, -0.15) is 22.9 Å². The van der Waals surface area contributed by atoms with Gasteiger partial charge in [-0.3, -0.25) is 10.3 Å². The van der Waals surface area contributed by atoms with Crippen molar-refractivity contribution in [2.45, 2.75) is 86.5 Å². The van der Waals surface area contributed by atoms with Gasteiger partial charge in [-0.1, -0.05) is 18.2 Å². The quantitative estimate of drug-likeness (QED) is 0.269. The highest BCUT2D eigenvalue weighted by Gasteiger charge is 2.67. The Balaban J connectivity index is 1.01. The lowest BCUT2D eigenvalue weighted by molar-refractivity contribution is -0.390. The van der Waals surface area contributed by atoms with E-state index >= 15 is 0 Å². The molecule has 0 radical (unpaired) electrons. The number of hydrogen-bond acceptors (Lipinski definition) is 9. The van der Waals surface area contributed by atoms with E-state index in [0.717, 1.165) is 56.0 Å². The van der Waals surface area contributed by atoms with Crippen LogP contribution < -0.4 is 5.32 Å². The summed E-state index contributed by atoms with van der Waals surface area (Å²) >= 11 is 0. The molecule has 1 saturated heterocycles. The van der Waals surface area contributed by atoms with Crippen molar-refractivity contribution in [1.29, 1.82) is 0 Å². The summed E-state index contributed by atoms with van der Waals surface area (Å²) in [7, 11) is -3.42. The number of amides is 1. The number of hydrogen-bond donors (Lipinski definition) is 1. The molecule has 14 heteroatoms. The van der Waals surface area contributed by atoms with E-state index in [2.05, 4.69) is 15.3 Å². The molecule has 5 saturated carbocycles. The number of benzene rings is 1. The summed E-state index contributed by atoms with van der Waals surface area (Å²) in [5, 5.41) is 2.67. The lowest BCUT2D eigenvalue weighted by Gasteiger charge is -2.57. The summed E-state index contributed by atoms with van der Waals surface area (Å²) in [6, 6.07) is 9.86. The zero-order chi connectivity index (χ0) is 34.2. The van der Waals surface area contributed by atoms with Crippen LogP contribution in [0, 0.1) is 23.7 Å². The average molecular weight is 700 g/mol. The Bertz CT molecular complexity index is 1840. The summed E-state index contributed by atoms with van der Waals surface area (Å²) in [5.41, 5.74) is 0.652. The number of aromatic nitrogens is 2. The Labute approximate surface area is 281 Å². The first-order valence-corrected chi connectivity index (χ1v) is 18.6. The Morgan fingerprint density at radius 1 is 0.918 bits per heavy atom. The zero-order valence-corrected chi connectivity index (χ0v) is 27.6. The fourth-order valence-corrected chi connectivity index (χ4v) is 9.49. The third kappa shape index (κ3) is 6.10. The van der Waals surface area contributed by atoms with E-state index in [0.29, 0.717) is 54.2 Å². The third-order valence-corrected chi connectivity index (χ3v) is 12.1. The van der Waals surface area contributed by atoms with Gasteiger partial charge in [0.25, 0.3) is 0 Å². The van der Waals surface area contributed by atoms with Crippen molar-refractivity contribution in [3.05, 3.63) is 60.6 Å². The van der Waals surface area contributed by atoms with Crippen LogP contribution in [-0.4, -0.2) is 48.4 Å². The van der Waals surface area contributed by atoms with Crippen molar-refractivity contribution < 1.29 is 45.6 Å². The lowest BCUT2D eigenvalue weighted by atomic mass is 9.53. The molecular formula is C35H36F3N3O7S. The van der Waals surface area contributed by atoms with Gasteiger partial charge in [-0.15, -0.1) is 0 Å². The molecule has 1 N–H and O–H groups in total. The van der Waals surface area contributed by atoms with Crippen LogP contribution in [-0.2, 0) is 35.3 Å². The molecule has 9 rings (SSSR count). The first-order chi connectivity index (χ1) is 23.3. The first kappa shape index (κ1) is 32.6. The second kappa shape index (κ2) is 11.7. The summed E-state index contributed by atoms with van der Waals surface area (Å²) in [6.07, 6.45) is 5.56. The Hall–Kier alpha value is -3.59. The van der Waals surface area contributed by atoms with Gasteiger partial charge in [0.05, 0.1) is 4.90 Å². The lowest BCUT2D eigenvalue weighted by Crippen LogP contribution is -2.59. The minimum atomic E-state index is -4.63. The molecule has 3 aromatic rings. The second-order valence-electron chi connectivity index (χ2n) is 14.3. The van der Waals surface area contributed by atoms with Crippen LogP contribution in [0.1, 0.15) is 63.5 Å². The predicted octanol–water partition coefficient (Wildman–Crippen LogP) is 7.55. The van der Waals surface area contributed by atoms with Crippen LogP contribution in [0.3, 0.4) is 0 Å². The zero-order valence-electron chi connectivity index (χ0n) is 26.7. The van der Waals surface area contributed by atoms with Gasteiger partial charge in [-0.25, -0.2) is 18.2 Å². The van der Waals surface area contributed by atoms with Gasteiger partial charge >= 0.3 is 12.3 Å². The molecular weight excluding hydrogens is 663 g/mol. The van der Waals surface area contributed by atoms with Crippen LogP contribution in [0.4, 0.5) is 23.8 Å². The summed E-state index contributed by atoms with van der Waals surface area (Å²) < 4.78 is 76.3. The minimum absolute atomic E-state index is 0.0536. The smallest absolute Gasteiger partial charge is 0.433 e. The molecule has 1 aliphatic heterocycles. The van der Waals surface area contributed by atoms with Crippen molar-refractivity contribution in [3.63, 3.8) is 0 Å². The van der Waals surface area contributed by atoms with Crippen molar-refractivity contribution in [1.82, 2.24) is 9.97 Å². The molecule has 1 amide bonds. The molecule has 5 aliphatic carbocycles.